The number of oxazole rings is 1. The summed E-state index contributed by atoms with van der Waals surface area (Å²) in [6.45, 7) is 0. The summed E-state index contributed by atoms with van der Waals surface area (Å²) in [5.74, 6) is 0.615. The van der Waals surface area contributed by atoms with Crippen molar-refractivity contribution in [2.45, 2.75) is 0 Å². The monoisotopic (exact) mass is 766 g/mol. The van der Waals surface area contributed by atoms with Crippen LogP contribution in [-0.4, -0.2) is 4.98 Å². The number of nitrogens with zero attached hydrogens (tertiary/aromatic N) is 2. The molecule has 60 heavy (non-hydrogen) atoms. The predicted molar refractivity (Wildman–Crippen MR) is 251 cm³/mol. The second-order valence-electron chi connectivity index (χ2n) is 15.2. The molecule has 0 unspecified atom stereocenters. The molecule has 3 nitrogen and oxygen atoms in total. The van der Waals surface area contributed by atoms with Crippen molar-refractivity contribution in [1.29, 1.82) is 0 Å². The van der Waals surface area contributed by atoms with Crippen molar-refractivity contribution in [3.8, 4) is 56.0 Å². The Bertz CT molecular complexity index is 3200. The molecule has 0 N–H and O–H groups in total. The van der Waals surface area contributed by atoms with Crippen molar-refractivity contribution in [1.82, 2.24) is 4.98 Å². The highest BCUT2D eigenvalue weighted by atomic mass is 16.3. The molecule has 0 aliphatic heterocycles. The van der Waals surface area contributed by atoms with Crippen LogP contribution in [0.4, 0.5) is 17.1 Å². The molecule has 0 fully saturated rings. The summed E-state index contributed by atoms with van der Waals surface area (Å²) in [4.78, 5) is 7.49. The molecule has 0 radical (unpaired) electrons. The number of hydrogen-bond acceptors (Lipinski definition) is 3. The van der Waals surface area contributed by atoms with Crippen LogP contribution in [0.2, 0.25) is 0 Å². The normalized spacial score (nSPS) is 11.3. The standard InChI is InChI=1S/C57H38N2O/c1-4-14-39(15-5-1)42-26-30-47(31-27-42)59(48-32-28-43(29-33-48)40-16-6-2-7-17-40)49-34-35-51(53(37-49)44-19-8-3-9-20-44)54-38-55-56(52-23-13-12-22-50(52)54)60-57(58-55)46-25-24-41-18-10-11-21-45(41)36-46/h1-38H. The molecule has 0 aliphatic rings. The third-order valence-electron chi connectivity index (χ3n) is 11.5. The minimum absolute atomic E-state index is 0.615. The van der Waals surface area contributed by atoms with E-state index in [2.05, 4.69) is 235 Å². The van der Waals surface area contributed by atoms with Crippen LogP contribution in [0.5, 0.6) is 0 Å². The van der Waals surface area contributed by atoms with Crippen molar-refractivity contribution in [3.63, 3.8) is 0 Å². The first kappa shape index (κ1) is 35.2. The molecule has 10 aromatic carbocycles. The molecule has 0 saturated heterocycles. The van der Waals surface area contributed by atoms with E-state index in [-0.39, 0.29) is 0 Å². The first-order valence-corrected chi connectivity index (χ1v) is 20.4. The van der Waals surface area contributed by atoms with Crippen molar-refractivity contribution in [2.24, 2.45) is 0 Å². The maximum absolute atomic E-state index is 6.63. The van der Waals surface area contributed by atoms with E-state index in [4.69, 9.17) is 9.40 Å². The van der Waals surface area contributed by atoms with Crippen molar-refractivity contribution in [2.75, 3.05) is 4.90 Å². The van der Waals surface area contributed by atoms with Gasteiger partial charge in [0.05, 0.1) is 0 Å². The van der Waals surface area contributed by atoms with E-state index in [1.165, 1.54) is 27.6 Å². The Morgan fingerprint density at radius 1 is 0.317 bits per heavy atom. The zero-order valence-electron chi connectivity index (χ0n) is 32.7. The van der Waals surface area contributed by atoms with E-state index in [0.29, 0.717) is 5.89 Å². The molecule has 11 aromatic rings. The Balaban J connectivity index is 1.08. The first-order valence-electron chi connectivity index (χ1n) is 20.4. The molecule has 1 aromatic heterocycles. The van der Waals surface area contributed by atoms with Gasteiger partial charge < -0.3 is 9.32 Å². The van der Waals surface area contributed by atoms with E-state index < -0.39 is 0 Å². The van der Waals surface area contributed by atoms with Gasteiger partial charge in [-0.15, -0.1) is 0 Å². The molecule has 0 atom stereocenters. The average Bonchev–Trinajstić information content (AvgIpc) is 3.77. The van der Waals surface area contributed by atoms with Gasteiger partial charge in [-0.05, 0) is 115 Å². The van der Waals surface area contributed by atoms with Crippen molar-refractivity contribution in [3.05, 3.63) is 231 Å². The number of aromatic nitrogens is 1. The molecule has 0 amide bonds. The van der Waals surface area contributed by atoms with Crippen LogP contribution in [0.25, 0.3) is 88.6 Å². The highest BCUT2D eigenvalue weighted by Gasteiger charge is 2.21. The fraction of sp³-hybridized carbons (Fsp3) is 0. The van der Waals surface area contributed by atoms with E-state index in [0.717, 1.165) is 72.1 Å². The topological polar surface area (TPSA) is 29.3 Å². The smallest absolute Gasteiger partial charge is 0.227 e. The van der Waals surface area contributed by atoms with Crippen LogP contribution in [0, 0.1) is 0 Å². The highest BCUT2D eigenvalue weighted by molar-refractivity contribution is 6.12. The minimum atomic E-state index is 0.615. The van der Waals surface area contributed by atoms with Crippen LogP contribution in [0.15, 0.2) is 235 Å². The lowest BCUT2D eigenvalue weighted by atomic mass is 9.90. The van der Waals surface area contributed by atoms with Gasteiger partial charge in [0, 0.05) is 28.0 Å². The van der Waals surface area contributed by atoms with E-state index in [9.17, 15) is 0 Å². The maximum Gasteiger partial charge on any atom is 0.227 e. The summed E-state index contributed by atoms with van der Waals surface area (Å²) < 4.78 is 6.63. The Morgan fingerprint density at radius 2 is 0.817 bits per heavy atom. The van der Waals surface area contributed by atoms with Crippen molar-refractivity contribution < 1.29 is 4.42 Å². The Kier molecular flexibility index (Phi) is 8.83. The molecular weight excluding hydrogens is 729 g/mol. The quantitative estimate of drug-likeness (QED) is 0.154. The SMILES string of the molecule is c1ccc(-c2ccc(N(c3ccc(-c4ccccc4)cc3)c3ccc(-c4cc5nc(-c6ccc7ccccc7c6)oc5c5ccccc45)c(-c4ccccc4)c3)cc2)cc1. The Labute approximate surface area is 349 Å². The second kappa shape index (κ2) is 15.1. The van der Waals surface area contributed by atoms with Gasteiger partial charge in [0.15, 0.2) is 5.58 Å². The highest BCUT2D eigenvalue weighted by Crippen LogP contribution is 2.45. The summed E-state index contributed by atoms with van der Waals surface area (Å²) in [7, 11) is 0. The van der Waals surface area contributed by atoms with Crippen LogP contribution in [0.3, 0.4) is 0 Å². The predicted octanol–water partition coefficient (Wildman–Crippen LogP) is 15.9. The fourth-order valence-electron chi connectivity index (χ4n) is 8.50. The number of hydrogen-bond donors (Lipinski definition) is 0. The summed E-state index contributed by atoms with van der Waals surface area (Å²) in [6, 6.07) is 81.9. The summed E-state index contributed by atoms with van der Waals surface area (Å²) in [5.41, 5.74) is 15.0. The van der Waals surface area contributed by atoms with Crippen LogP contribution >= 0.6 is 0 Å². The Hall–Kier alpha value is -8.01. The van der Waals surface area contributed by atoms with E-state index in [1.54, 1.807) is 0 Å². The van der Waals surface area contributed by atoms with Crippen LogP contribution in [-0.2, 0) is 0 Å². The third-order valence-corrected chi connectivity index (χ3v) is 11.5. The van der Waals surface area contributed by atoms with Gasteiger partial charge in [0.1, 0.15) is 5.52 Å². The molecule has 0 bridgehead atoms. The van der Waals surface area contributed by atoms with Gasteiger partial charge in [-0.2, -0.15) is 0 Å². The number of anilines is 3. The van der Waals surface area contributed by atoms with E-state index >= 15 is 0 Å². The summed E-state index contributed by atoms with van der Waals surface area (Å²) >= 11 is 0. The molecule has 0 spiro atoms. The second-order valence-corrected chi connectivity index (χ2v) is 15.2. The van der Waals surface area contributed by atoms with Gasteiger partial charge >= 0.3 is 0 Å². The van der Waals surface area contributed by atoms with Gasteiger partial charge in [-0.25, -0.2) is 4.98 Å². The maximum atomic E-state index is 6.63. The first-order chi connectivity index (χ1) is 29.7. The number of rotatable bonds is 8. The van der Waals surface area contributed by atoms with Gasteiger partial charge in [-0.3, -0.25) is 0 Å². The summed E-state index contributed by atoms with van der Waals surface area (Å²) in [6.07, 6.45) is 0. The average molecular weight is 767 g/mol. The molecule has 3 heteroatoms. The van der Waals surface area contributed by atoms with Crippen molar-refractivity contribution >= 4 is 49.7 Å². The van der Waals surface area contributed by atoms with Gasteiger partial charge in [-0.1, -0.05) is 176 Å². The van der Waals surface area contributed by atoms with Gasteiger partial charge in [0.2, 0.25) is 5.89 Å². The largest absolute Gasteiger partial charge is 0.435 e. The molecular formula is C57H38N2O. The fourth-order valence-corrected chi connectivity index (χ4v) is 8.50. The van der Waals surface area contributed by atoms with Gasteiger partial charge in [0.25, 0.3) is 0 Å². The number of benzene rings is 10. The zero-order valence-corrected chi connectivity index (χ0v) is 32.7. The van der Waals surface area contributed by atoms with Crippen LogP contribution in [0.1, 0.15) is 0 Å². The third kappa shape index (κ3) is 6.49. The number of fused-ring (bicyclic) bond motifs is 4. The lowest BCUT2D eigenvalue weighted by Gasteiger charge is -2.27. The molecule has 0 saturated carbocycles. The summed E-state index contributed by atoms with van der Waals surface area (Å²) in [5, 5.41) is 4.49. The van der Waals surface area contributed by atoms with Crippen LogP contribution < -0.4 is 4.90 Å². The molecule has 0 aliphatic carbocycles. The minimum Gasteiger partial charge on any atom is -0.435 e. The lowest BCUT2D eigenvalue weighted by molar-refractivity contribution is 0.623. The van der Waals surface area contributed by atoms with E-state index in [1.807, 2.05) is 0 Å². The Morgan fingerprint density at radius 3 is 1.45 bits per heavy atom. The molecule has 282 valence electrons. The molecule has 11 rings (SSSR count). The lowest BCUT2D eigenvalue weighted by Crippen LogP contribution is -2.10. The molecule has 1 heterocycles. The zero-order chi connectivity index (χ0) is 39.8.